The average Bonchev–Trinajstić information content (AvgIpc) is 2.84. The van der Waals surface area contributed by atoms with Crippen molar-refractivity contribution in [2.24, 2.45) is 16.8 Å². The summed E-state index contributed by atoms with van der Waals surface area (Å²) < 4.78 is 36.9. The van der Waals surface area contributed by atoms with E-state index in [4.69, 9.17) is 21.3 Å². The van der Waals surface area contributed by atoms with Crippen LogP contribution in [0.4, 0.5) is 8.78 Å². The normalized spacial score (nSPS) is 17.7. The molecule has 0 amide bonds. The van der Waals surface area contributed by atoms with Gasteiger partial charge in [-0.2, -0.15) is 14.0 Å². The molecule has 37 heavy (non-hydrogen) atoms. The second kappa shape index (κ2) is 11.4. The quantitative estimate of drug-likeness (QED) is 0.349. The Morgan fingerprint density at radius 3 is 2.65 bits per heavy atom. The zero-order valence-corrected chi connectivity index (χ0v) is 22.4. The Labute approximate surface area is 221 Å². The smallest absolute Gasteiger partial charge is 0.314 e. The maximum Gasteiger partial charge on any atom is 0.314 e. The number of rotatable bonds is 9. The van der Waals surface area contributed by atoms with Gasteiger partial charge in [0.2, 0.25) is 5.75 Å². The van der Waals surface area contributed by atoms with Crippen molar-refractivity contribution in [2.45, 2.75) is 66.2 Å². The number of nitriles is 1. The van der Waals surface area contributed by atoms with Gasteiger partial charge in [0.15, 0.2) is 5.69 Å². The molecule has 2 aromatic rings. The number of halogens is 3. The lowest BCUT2D eigenvalue weighted by atomic mass is 9.83. The van der Waals surface area contributed by atoms with Gasteiger partial charge in [-0.1, -0.05) is 45.0 Å². The van der Waals surface area contributed by atoms with Crippen molar-refractivity contribution in [1.82, 2.24) is 9.55 Å². The molecule has 2 unspecified atom stereocenters. The van der Waals surface area contributed by atoms with Crippen LogP contribution in [0, 0.1) is 23.2 Å². The molecule has 1 aromatic carbocycles. The average molecular weight is 529 g/mol. The van der Waals surface area contributed by atoms with Crippen LogP contribution in [0.5, 0.6) is 5.75 Å². The van der Waals surface area contributed by atoms with Crippen molar-refractivity contribution >= 4 is 17.3 Å². The van der Waals surface area contributed by atoms with E-state index in [2.05, 4.69) is 38.4 Å². The zero-order chi connectivity index (χ0) is 27.5. The van der Waals surface area contributed by atoms with Gasteiger partial charge < -0.3 is 4.74 Å². The lowest BCUT2D eigenvalue weighted by Crippen LogP contribution is -2.32. The number of alkyl halides is 2. The van der Waals surface area contributed by atoms with Crippen LogP contribution in [0.25, 0.3) is 0 Å². The van der Waals surface area contributed by atoms with Gasteiger partial charge in [-0.15, -0.1) is 0 Å². The number of hydrogen-bond donors (Lipinski definition) is 0. The van der Waals surface area contributed by atoms with E-state index >= 15 is 8.78 Å². The Kier molecular flexibility index (Phi) is 8.70. The minimum Gasteiger partial charge on any atom is -0.481 e. The zero-order valence-electron chi connectivity index (χ0n) is 21.7. The van der Waals surface area contributed by atoms with Crippen molar-refractivity contribution in [3.8, 4) is 11.8 Å². The molecule has 0 fully saturated rings. The van der Waals surface area contributed by atoms with Crippen molar-refractivity contribution in [2.75, 3.05) is 0 Å². The summed E-state index contributed by atoms with van der Waals surface area (Å²) in [7, 11) is 0. The van der Waals surface area contributed by atoms with Crippen LogP contribution in [0.1, 0.15) is 57.9 Å². The number of hydrogen-bond acceptors (Lipinski definition) is 5. The van der Waals surface area contributed by atoms with E-state index in [1.54, 1.807) is 0 Å². The molecule has 1 aliphatic heterocycles. The first-order chi connectivity index (χ1) is 17.4. The predicted molar refractivity (Wildman–Crippen MR) is 141 cm³/mol. The topological polar surface area (TPSA) is 80.3 Å². The van der Waals surface area contributed by atoms with E-state index in [1.165, 1.54) is 22.8 Å². The third kappa shape index (κ3) is 6.16. The monoisotopic (exact) mass is 528 g/mol. The number of aromatic nitrogens is 2. The lowest BCUT2D eigenvalue weighted by molar-refractivity contribution is 0.0292. The molecule has 3 rings (SSSR count). The summed E-state index contributed by atoms with van der Waals surface area (Å²) in [6.45, 7) is 12.6. The highest BCUT2D eigenvalue weighted by atomic mass is 35.5. The van der Waals surface area contributed by atoms with Gasteiger partial charge in [-0.25, -0.2) is 4.98 Å². The molecule has 0 bridgehead atoms. The first-order valence-electron chi connectivity index (χ1n) is 12.1. The number of dihydropyridines is 1. The molecule has 0 N–H and O–H groups in total. The van der Waals surface area contributed by atoms with Crippen molar-refractivity contribution in [3.05, 3.63) is 80.5 Å². The van der Waals surface area contributed by atoms with Crippen LogP contribution >= 0.6 is 11.6 Å². The molecule has 6 nitrogen and oxygen atoms in total. The van der Waals surface area contributed by atoms with Gasteiger partial charge >= 0.3 is 5.92 Å². The van der Waals surface area contributed by atoms with E-state index < -0.39 is 28.5 Å². The Hall–Kier alpha value is -3.31. The van der Waals surface area contributed by atoms with Gasteiger partial charge in [0.05, 0.1) is 30.5 Å². The molecule has 196 valence electrons. The third-order valence-electron chi connectivity index (χ3n) is 6.49. The molecule has 1 aliphatic rings. The Balaban J connectivity index is 2.04. The Morgan fingerprint density at radius 2 is 2.05 bits per heavy atom. The molecule has 0 saturated carbocycles. The minimum absolute atomic E-state index is 0.117. The summed E-state index contributed by atoms with van der Waals surface area (Å²) in [5.74, 6) is -3.62. The van der Waals surface area contributed by atoms with Gasteiger partial charge in [0, 0.05) is 16.7 Å². The maximum atomic E-state index is 15.0. The summed E-state index contributed by atoms with van der Waals surface area (Å²) in [4.78, 5) is 22.3. The van der Waals surface area contributed by atoms with E-state index in [9.17, 15) is 10.1 Å². The number of benzene rings is 1. The van der Waals surface area contributed by atoms with E-state index in [-0.39, 0.29) is 35.7 Å². The highest BCUT2D eigenvalue weighted by Gasteiger charge is 2.39. The fraction of sp³-hybridized carbons (Fsp3) is 0.429. The van der Waals surface area contributed by atoms with Crippen LogP contribution in [-0.2, 0) is 19.1 Å². The number of ether oxygens (including phenoxy) is 1. The minimum atomic E-state index is -3.59. The SMILES string of the molecule is C=C(C)C(F)(F)c1ncn(CC2=CC(C(C)C)C(CC)N=C2C)c(=O)c1OCc1cc(Cl)cc(C#N)c1. The molecule has 9 heteroatoms. The van der Waals surface area contributed by atoms with Crippen LogP contribution in [0.3, 0.4) is 0 Å². The Bertz CT molecular complexity index is 1350. The van der Waals surface area contributed by atoms with Gasteiger partial charge in [-0.3, -0.25) is 14.4 Å². The van der Waals surface area contributed by atoms with E-state index in [0.717, 1.165) is 31.0 Å². The second-order valence-corrected chi connectivity index (χ2v) is 10.1. The van der Waals surface area contributed by atoms with Crippen molar-refractivity contribution < 1.29 is 13.5 Å². The van der Waals surface area contributed by atoms with Crippen LogP contribution in [-0.4, -0.2) is 21.3 Å². The summed E-state index contributed by atoms with van der Waals surface area (Å²) in [5, 5.41) is 9.48. The first-order valence-corrected chi connectivity index (χ1v) is 12.5. The molecule has 1 aromatic heterocycles. The highest BCUT2D eigenvalue weighted by molar-refractivity contribution is 6.30. The summed E-state index contributed by atoms with van der Waals surface area (Å²) >= 11 is 6.06. The molecule has 0 radical (unpaired) electrons. The fourth-order valence-electron chi connectivity index (χ4n) is 4.33. The molecule has 2 atom stereocenters. The number of nitrogens with zero attached hydrogens (tertiary/aromatic N) is 4. The van der Waals surface area contributed by atoms with Crippen molar-refractivity contribution in [3.63, 3.8) is 0 Å². The third-order valence-corrected chi connectivity index (χ3v) is 6.71. The molecular weight excluding hydrogens is 498 g/mol. The molecule has 2 heterocycles. The summed E-state index contributed by atoms with van der Waals surface area (Å²) in [5.41, 5.74) is 0.347. The maximum absolute atomic E-state index is 15.0. The van der Waals surface area contributed by atoms with Crippen LogP contribution in [0.2, 0.25) is 5.02 Å². The highest BCUT2D eigenvalue weighted by Crippen LogP contribution is 2.37. The first kappa shape index (κ1) is 28.3. The molecule has 0 aliphatic carbocycles. The molecule has 0 spiro atoms. The van der Waals surface area contributed by atoms with Gasteiger partial charge in [0.1, 0.15) is 6.61 Å². The standard InChI is InChI=1S/C28H31ClF2N4O2/c1-7-24-23(16(2)3)11-21(18(6)34-24)13-35-15-33-26(28(30,31)17(4)5)25(27(35)36)37-14-20-8-19(12-32)9-22(29)10-20/h8-11,15-16,23-24H,4,7,13-14H2,1-3,5-6H3. The summed E-state index contributed by atoms with van der Waals surface area (Å²) in [6.07, 6.45) is 4.13. The van der Waals surface area contributed by atoms with Crippen LogP contribution < -0.4 is 10.3 Å². The fourth-order valence-corrected chi connectivity index (χ4v) is 4.58. The number of aliphatic imine (C=N–C) groups is 1. The predicted octanol–water partition coefficient (Wildman–Crippen LogP) is 6.47. The van der Waals surface area contributed by atoms with Crippen molar-refractivity contribution in [1.29, 1.82) is 5.26 Å². The number of allylic oxidation sites excluding steroid dienone is 2. The lowest BCUT2D eigenvalue weighted by Gasteiger charge is -2.30. The van der Waals surface area contributed by atoms with E-state index in [1.807, 2.05) is 13.0 Å². The molecular formula is C28H31ClF2N4O2. The Morgan fingerprint density at radius 1 is 1.35 bits per heavy atom. The largest absolute Gasteiger partial charge is 0.481 e. The van der Waals surface area contributed by atoms with Gasteiger partial charge in [0.25, 0.3) is 5.56 Å². The summed E-state index contributed by atoms with van der Waals surface area (Å²) in [6, 6.07) is 6.66. The van der Waals surface area contributed by atoms with Gasteiger partial charge in [-0.05, 0) is 61.1 Å². The van der Waals surface area contributed by atoms with Crippen LogP contribution in [0.15, 0.2) is 58.1 Å². The molecule has 0 saturated heterocycles. The second-order valence-electron chi connectivity index (χ2n) is 9.66. The van der Waals surface area contributed by atoms with E-state index in [0.29, 0.717) is 11.5 Å².